The Balaban J connectivity index is 2.32. The van der Waals surface area contributed by atoms with Gasteiger partial charge in [-0.05, 0) is 36.8 Å². The first-order chi connectivity index (χ1) is 9.90. The van der Waals surface area contributed by atoms with E-state index in [9.17, 15) is 9.90 Å². The Kier molecular flexibility index (Phi) is 4.23. The van der Waals surface area contributed by atoms with Crippen molar-refractivity contribution in [2.45, 2.75) is 6.92 Å². The van der Waals surface area contributed by atoms with E-state index in [1.54, 1.807) is 50.4 Å². The number of nitrogens with two attached hydrogens (primary N) is 1. The van der Waals surface area contributed by atoms with Gasteiger partial charge in [0.2, 0.25) is 0 Å². The SMILES string of the molecule is Cc1ccc(C(=O)N(C)c2cccc(C(N)=S)c2)cc1O. The number of hydrogen-bond acceptors (Lipinski definition) is 3. The van der Waals surface area contributed by atoms with Crippen LogP contribution in [0.4, 0.5) is 5.69 Å². The van der Waals surface area contributed by atoms with E-state index in [2.05, 4.69) is 0 Å². The second-order valence-electron chi connectivity index (χ2n) is 4.78. The van der Waals surface area contributed by atoms with Gasteiger partial charge in [-0.3, -0.25) is 4.79 Å². The van der Waals surface area contributed by atoms with Gasteiger partial charge in [-0.15, -0.1) is 0 Å². The van der Waals surface area contributed by atoms with Gasteiger partial charge in [-0.2, -0.15) is 0 Å². The summed E-state index contributed by atoms with van der Waals surface area (Å²) in [7, 11) is 1.66. The van der Waals surface area contributed by atoms with Crippen LogP contribution in [0, 0.1) is 6.92 Å². The minimum Gasteiger partial charge on any atom is -0.508 e. The maximum absolute atomic E-state index is 12.4. The molecule has 4 nitrogen and oxygen atoms in total. The Bertz CT molecular complexity index is 713. The van der Waals surface area contributed by atoms with Crippen molar-refractivity contribution in [1.82, 2.24) is 0 Å². The molecule has 21 heavy (non-hydrogen) atoms. The number of benzene rings is 2. The van der Waals surface area contributed by atoms with Crippen LogP contribution in [0.3, 0.4) is 0 Å². The maximum atomic E-state index is 12.4. The molecule has 0 aliphatic rings. The summed E-state index contributed by atoms with van der Waals surface area (Å²) < 4.78 is 0. The second-order valence-corrected chi connectivity index (χ2v) is 5.22. The number of carbonyl (C=O) groups excluding carboxylic acids is 1. The van der Waals surface area contributed by atoms with E-state index in [-0.39, 0.29) is 16.6 Å². The van der Waals surface area contributed by atoms with Gasteiger partial charge in [-0.25, -0.2) is 0 Å². The van der Waals surface area contributed by atoms with Gasteiger partial charge >= 0.3 is 0 Å². The molecule has 0 unspecified atom stereocenters. The lowest BCUT2D eigenvalue weighted by molar-refractivity contribution is 0.0992. The summed E-state index contributed by atoms with van der Waals surface area (Å²) in [5.41, 5.74) is 8.13. The molecule has 0 radical (unpaired) electrons. The number of rotatable bonds is 3. The van der Waals surface area contributed by atoms with E-state index >= 15 is 0 Å². The van der Waals surface area contributed by atoms with Gasteiger partial charge in [-0.1, -0.05) is 30.4 Å². The highest BCUT2D eigenvalue weighted by atomic mass is 32.1. The summed E-state index contributed by atoms with van der Waals surface area (Å²) in [6, 6.07) is 12.0. The number of aryl methyl sites for hydroxylation is 1. The fraction of sp³-hybridized carbons (Fsp3) is 0.125. The Hall–Kier alpha value is -2.40. The van der Waals surface area contributed by atoms with Crippen molar-refractivity contribution >= 4 is 28.8 Å². The number of carbonyl (C=O) groups is 1. The topological polar surface area (TPSA) is 66.6 Å². The first-order valence-corrected chi connectivity index (χ1v) is 6.78. The van der Waals surface area contributed by atoms with Crippen LogP contribution >= 0.6 is 12.2 Å². The lowest BCUT2D eigenvalue weighted by Gasteiger charge is -2.18. The average Bonchev–Trinajstić information content (AvgIpc) is 2.48. The molecule has 0 aromatic heterocycles. The van der Waals surface area contributed by atoms with Crippen LogP contribution < -0.4 is 10.6 Å². The second kappa shape index (κ2) is 5.93. The summed E-state index contributed by atoms with van der Waals surface area (Å²) in [6.45, 7) is 1.78. The number of aromatic hydroxyl groups is 1. The van der Waals surface area contributed by atoms with Crippen LogP contribution in [0.25, 0.3) is 0 Å². The summed E-state index contributed by atoms with van der Waals surface area (Å²) in [5.74, 6) is -0.114. The highest BCUT2D eigenvalue weighted by Crippen LogP contribution is 2.21. The number of anilines is 1. The molecule has 108 valence electrons. The summed E-state index contributed by atoms with van der Waals surface area (Å²) in [6.07, 6.45) is 0. The quantitative estimate of drug-likeness (QED) is 0.855. The lowest BCUT2D eigenvalue weighted by Crippen LogP contribution is -2.26. The third kappa shape index (κ3) is 3.20. The molecule has 0 bridgehead atoms. The summed E-state index contributed by atoms with van der Waals surface area (Å²) >= 11 is 4.94. The zero-order valence-corrected chi connectivity index (χ0v) is 12.6. The molecule has 1 amide bonds. The molecule has 0 saturated heterocycles. The van der Waals surface area contributed by atoms with Gasteiger partial charge in [0.15, 0.2) is 0 Å². The van der Waals surface area contributed by atoms with E-state index in [1.807, 2.05) is 0 Å². The van der Waals surface area contributed by atoms with Crippen LogP contribution in [0.5, 0.6) is 5.75 Å². The number of amides is 1. The highest BCUT2D eigenvalue weighted by Gasteiger charge is 2.15. The smallest absolute Gasteiger partial charge is 0.258 e. The summed E-state index contributed by atoms with van der Waals surface area (Å²) in [4.78, 5) is 14.2. The zero-order valence-electron chi connectivity index (χ0n) is 11.8. The number of thiocarbonyl (C=S) groups is 1. The highest BCUT2D eigenvalue weighted by molar-refractivity contribution is 7.80. The van der Waals surface area contributed by atoms with Gasteiger partial charge in [0, 0.05) is 23.9 Å². The fourth-order valence-corrected chi connectivity index (χ4v) is 2.05. The van der Waals surface area contributed by atoms with Crippen molar-refractivity contribution in [2.24, 2.45) is 5.73 Å². The fourth-order valence-electron chi connectivity index (χ4n) is 1.92. The Morgan fingerprint density at radius 2 is 1.90 bits per heavy atom. The van der Waals surface area contributed by atoms with Crippen molar-refractivity contribution in [3.63, 3.8) is 0 Å². The third-order valence-corrected chi connectivity index (χ3v) is 3.51. The normalized spacial score (nSPS) is 10.2. The molecule has 2 aromatic rings. The van der Waals surface area contributed by atoms with Gasteiger partial charge < -0.3 is 15.7 Å². The van der Waals surface area contributed by atoms with Gasteiger partial charge in [0.1, 0.15) is 10.7 Å². The standard InChI is InChI=1S/C16H16N2O2S/c1-10-6-7-12(9-14(10)19)16(20)18(2)13-5-3-4-11(8-13)15(17)21/h3-9,19H,1-2H3,(H2,17,21). The molecule has 0 aliphatic heterocycles. The number of phenols is 1. The first kappa shape index (κ1) is 15.0. The van der Waals surface area contributed by atoms with Crippen LogP contribution in [0.1, 0.15) is 21.5 Å². The molecule has 5 heteroatoms. The largest absolute Gasteiger partial charge is 0.508 e. The van der Waals surface area contributed by atoms with Crippen molar-refractivity contribution in [1.29, 1.82) is 0 Å². The number of hydrogen-bond donors (Lipinski definition) is 2. The predicted octanol–water partition coefficient (Wildman–Crippen LogP) is 2.61. The van der Waals surface area contributed by atoms with Gasteiger partial charge in [0.25, 0.3) is 5.91 Å². The van der Waals surface area contributed by atoms with Crippen molar-refractivity contribution in [2.75, 3.05) is 11.9 Å². The number of phenolic OH excluding ortho intramolecular Hbond substituents is 1. The van der Waals surface area contributed by atoms with Crippen molar-refractivity contribution < 1.29 is 9.90 Å². The predicted molar refractivity (Wildman–Crippen MR) is 87.9 cm³/mol. The Morgan fingerprint density at radius 3 is 2.52 bits per heavy atom. The molecule has 0 spiro atoms. The third-order valence-electron chi connectivity index (χ3n) is 3.28. The van der Waals surface area contributed by atoms with Crippen LogP contribution in [-0.4, -0.2) is 23.0 Å². The van der Waals surface area contributed by atoms with Crippen LogP contribution in [0.15, 0.2) is 42.5 Å². The van der Waals surface area contributed by atoms with E-state index in [1.165, 1.54) is 11.0 Å². The molecule has 3 N–H and O–H groups in total. The van der Waals surface area contributed by atoms with Crippen LogP contribution in [-0.2, 0) is 0 Å². The molecule has 2 rings (SSSR count). The molecule has 0 aliphatic carbocycles. The van der Waals surface area contributed by atoms with E-state index in [4.69, 9.17) is 18.0 Å². The Morgan fingerprint density at radius 1 is 1.19 bits per heavy atom. The first-order valence-electron chi connectivity index (χ1n) is 6.37. The van der Waals surface area contributed by atoms with E-state index in [0.717, 1.165) is 5.56 Å². The van der Waals surface area contributed by atoms with Crippen molar-refractivity contribution in [3.8, 4) is 5.75 Å². The molecular formula is C16H16N2O2S. The Labute approximate surface area is 128 Å². The van der Waals surface area contributed by atoms with Crippen molar-refractivity contribution in [3.05, 3.63) is 59.2 Å². The molecular weight excluding hydrogens is 284 g/mol. The number of nitrogens with zero attached hydrogens (tertiary/aromatic N) is 1. The molecule has 0 heterocycles. The minimum atomic E-state index is -0.217. The lowest BCUT2D eigenvalue weighted by atomic mass is 10.1. The monoisotopic (exact) mass is 300 g/mol. The maximum Gasteiger partial charge on any atom is 0.258 e. The molecule has 0 atom stereocenters. The molecule has 0 fully saturated rings. The zero-order chi connectivity index (χ0) is 15.6. The summed E-state index contributed by atoms with van der Waals surface area (Å²) in [5, 5.41) is 9.71. The minimum absolute atomic E-state index is 0.103. The average molecular weight is 300 g/mol. The molecule has 2 aromatic carbocycles. The van der Waals surface area contributed by atoms with Crippen LogP contribution in [0.2, 0.25) is 0 Å². The van der Waals surface area contributed by atoms with Gasteiger partial charge in [0.05, 0.1) is 0 Å². The molecule has 0 saturated carbocycles. The van der Waals surface area contributed by atoms with E-state index in [0.29, 0.717) is 16.8 Å². The van der Waals surface area contributed by atoms with E-state index < -0.39 is 0 Å².